The lowest BCUT2D eigenvalue weighted by molar-refractivity contribution is -0.132. The van der Waals surface area contributed by atoms with Gasteiger partial charge in [0, 0.05) is 18.3 Å². The average molecular weight is 367 g/mol. The SMILES string of the molecule is Cc1ccc(C)c(NC(=O)CN(C)C(=O)CNC(=O)c2ccccc2C)c1. The first-order chi connectivity index (χ1) is 12.8. The highest BCUT2D eigenvalue weighted by Crippen LogP contribution is 2.16. The van der Waals surface area contributed by atoms with Gasteiger partial charge in [-0.25, -0.2) is 0 Å². The molecule has 2 aromatic carbocycles. The van der Waals surface area contributed by atoms with Gasteiger partial charge in [0.05, 0.1) is 13.1 Å². The first kappa shape index (κ1) is 20.2. The van der Waals surface area contributed by atoms with E-state index in [2.05, 4.69) is 10.6 Å². The number of nitrogens with zero attached hydrogens (tertiary/aromatic N) is 1. The molecule has 2 aromatic rings. The third kappa shape index (κ3) is 5.67. The Morgan fingerprint density at radius 1 is 0.963 bits per heavy atom. The summed E-state index contributed by atoms with van der Waals surface area (Å²) >= 11 is 0. The molecule has 0 aliphatic rings. The summed E-state index contributed by atoms with van der Waals surface area (Å²) in [6.45, 7) is 5.43. The van der Waals surface area contributed by atoms with Gasteiger partial charge in [0.15, 0.2) is 0 Å². The van der Waals surface area contributed by atoms with Crippen molar-refractivity contribution in [1.82, 2.24) is 10.2 Å². The fourth-order valence-electron chi connectivity index (χ4n) is 2.58. The van der Waals surface area contributed by atoms with E-state index in [4.69, 9.17) is 0 Å². The Balaban J connectivity index is 1.86. The van der Waals surface area contributed by atoms with Gasteiger partial charge in [-0.05, 0) is 49.6 Å². The molecule has 0 heterocycles. The van der Waals surface area contributed by atoms with Crippen molar-refractivity contribution in [3.63, 3.8) is 0 Å². The zero-order valence-corrected chi connectivity index (χ0v) is 16.1. The van der Waals surface area contributed by atoms with Crippen LogP contribution >= 0.6 is 0 Å². The minimum absolute atomic E-state index is 0.0908. The minimum atomic E-state index is -0.340. The standard InChI is InChI=1S/C21H25N3O3/c1-14-9-10-16(3)18(11-14)23-19(25)13-24(4)20(26)12-22-21(27)17-8-6-5-7-15(17)2/h5-11H,12-13H2,1-4H3,(H,22,27)(H,23,25). The van der Waals surface area contributed by atoms with Gasteiger partial charge in [0.2, 0.25) is 11.8 Å². The lowest BCUT2D eigenvalue weighted by Crippen LogP contribution is -2.41. The van der Waals surface area contributed by atoms with E-state index in [-0.39, 0.29) is 30.8 Å². The highest BCUT2D eigenvalue weighted by atomic mass is 16.2. The Labute approximate surface area is 159 Å². The number of likely N-dealkylation sites (N-methyl/N-ethyl adjacent to an activating group) is 1. The number of aryl methyl sites for hydroxylation is 3. The Morgan fingerprint density at radius 3 is 2.37 bits per heavy atom. The number of benzene rings is 2. The van der Waals surface area contributed by atoms with Crippen LogP contribution in [-0.4, -0.2) is 42.8 Å². The maximum Gasteiger partial charge on any atom is 0.251 e. The van der Waals surface area contributed by atoms with Crippen LogP contribution in [0, 0.1) is 20.8 Å². The molecule has 27 heavy (non-hydrogen) atoms. The molecule has 3 amide bonds. The van der Waals surface area contributed by atoms with Crippen LogP contribution in [-0.2, 0) is 9.59 Å². The van der Waals surface area contributed by atoms with Crippen molar-refractivity contribution < 1.29 is 14.4 Å². The molecule has 0 saturated heterocycles. The van der Waals surface area contributed by atoms with Gasteiger partial charge < -0.3 is 15.5 Å². The zero-order valence-electron chi connectivity index (χ0n) is 16.1. The van der Waals surface area contributed by atoms with Crippen molar-refractivity contribution in [2.75, 3.05) is 25.5 Å². The number of amides is 3. The number of anilines is 1. The zero-order chi connectivity index (χ0) is 20.0. The quantitative estimate of drug-likeness (QED) is 0.823. The molecular formula is C21H25N3O3. The fourth-order valence-corrected chi connectivity index (χ4v) is 2.58. The molecule has 2 rings (SSSR count). The normalized spacial score (nSPS) is 10.2. The summed E-state index contributed by atoms with van der Waals surface area (Å²) in [7, 11) is 1.53. The van der Waals surface area contributed by atoms with Gasteiger partial charge in [-0.3, -0.25) is 14.4 Å². The second-order valence-electron chi connectivity index (χ2n) is 6.61. The molecule has 0 fully saturated rings. The second kappa shape index (κ2) is 8.98. The number of carbonyl (C=O) groups excluding carboxylic acids is 3. The number of rotatable bonds is 6. The number of nitrogens with one attached hydrogen (secondary N) is 2. The fraction of sp³-hybridized carbons (Fsp3) is 0.286. The van der Waals surface area contributed by atoms with E-state index < -0.39 is 0 Å². The van der Waals surface area contributed by atoms with Crippen LogP contribution < -0.4 is 10.6 Å². The maximum absolute atomic E-state index is 12.2. The third-order valence-corrected chi connectivity index (χ3v) is 4.26. The topological polar surface area (TPSA) is 78.5 Å². The van der Waals surface area contributed by atoms with Crippen LogP contribution in [0.5, 0.6) is 0 Å². The van der Waals surface area contributed by atoms with Crippen LogP contribution in [0.3, 0.4) is 0 Å². The summed E-state index contributed by atoms with van der Waals surface area (Å²) in [6, 6.07) is 12.9. The highest BCUT2D eigenvalue weighted by Gasteiger charge is 2.16. The van der Waals surface area contributed by atoms with Gasteiger partial charge in [0.1, 0.15) is 0 Å². The van der Waals surface area contributed by atoms with Gasteiger partial charge in [-0.2, -0.15) is 0 Å². The average Bonchev–Trinajstić information content (AvgIpc) is 2.62. The molecule has 0 spiro atoms. The van der Waals surface area contributed by atoms with E-state index in [1.165, 1.54) is 11.9 Å². The molecule has 0 atom stereocenters. The summed E-state index contributed by atoms with van der Waals surface area (Å²) < 4.78 is 0. The Hall–Kier alpha value is -3.15. The van der Waals surface area contributed by atoms with Crippen molar-refractivity contribution in [3.8, 4) is 0 Å². The molecule has 0 aromatic heterocycles. The van der Waals surface area contributed by atoms with Gasteiger partial charge in [-0.15, -0.1) is 0 Å². The van der Waals surface area contributed by atoms with Crippen LogP contribution in [0.2, 0.25) is 0 Å². The smallest absolute Gasteiger partial charge is 0.251 e. The van der Waals surface area contributed by atoms with Crippen LogP contribution in [0.1, 0.15) is 27.0 Å². The van der Waals surface area contributed by atoms with Crippen LogP contribution in [0.15, 0.2) is 42.5 Å². The monoisotopic (exact) mass is 367 g/mol. The molecule has 0 unspecified atom stereocenters. The van der Waals surface area contributed by atoms with E-state index in [0.717, 1.165) is 22.4 Å². The van der Waals surface area contributed by atoms with Crippen molar-refractivity contribution in [2.45, 2.75) is 20.8 Å². The molecular weight excluding hydrogens is 342 g/mol. The largest absolute Gasteiger partial charge is 0.343 e. The van der Waals surface area contributed by atoms with E-state index >= 15 is 0 Å². The molecule has 0 aliphatic heterocycles. The van der Waals surface area contributed by atoms with Gasteiger partial charge >= 0.3 is 0 Å². The van der Waals surface area contributed by atoms with Crippen LogP contribution in [0.25, 0.3) is 0 Å². The summed E-state index contributed by atoms with van der Waals surface area (Å²) in [5, 5.41) is 5.41. The number of hydrogen-bond acceptors (Lipinski definition) is 3. The molecule has 6 heteroatoms. The first-order valence-corrected chi connectivity index (χ1v) is 8.73. The maximum atomic E-state index is 12.2. The Morgan fingerprint density at radius 2 is 1.67 bits per heavy atom. The van der Waals surface area contributed by atoms with Gasteiger partial charge in [0.25, 0.3) is 5.91 Å². The van der Waals surface area contributed by atoms with E-state index in [1.807, 2.05) is 51.1 Å². The van der Waals surface area contributed by atoms with Crippen molar-refractivity contribution in [3.05, 3.63) is 64.7 Å². The molecule has 0 radical (unpaired) electrons. The highest BCUT2D eigenvalue weighted by molar-refractivity contribution is 5.98. The van der Waals surface area contributed by atoms with Crippen molar-refractivity contribution >= 4 is 23.4 Å². The molecule has 0 aliphatic carbocycles. The Bertz CT molecular complexity index is 862. The molecule has 6 nitrogen and oxygen atoms in total. The molecule has 0 bridgehead atoms. The Kier molecular flexibility index (Phi) is 6.71. The van der Waals surface area contributed by atoms with Crippen molar-refractivity contribution in [1.29, 1.82) is 0 Å². The number of hydrogen-bond donors (Lipinski definition) is 2. The number of carbonyl (C=O) groups is 3. The third-order valence-electron chi connectivity index (χ3n) is 4.26. The predicted octanol–water partition coefficient (Wildman–Crippen LogP) is 2.44. The van der Waals surface area contributed by atoms with Crippen LogP contribution in [0.4, 0.5) is 5.69 Å². The van der Waals surface area contributed by atoms with Gasteiger partial charge in [-0.1, -0.05) is 30.3 Å². The first-order valence-electron chi connectivity index (χ1n) is 8.73. The van der Waals surface area contributed by atoms with E-state index in [0.29, 0.717) is 5.56 Å². The van der Waals surface area contributed by atoms with Crippen molar-refractivity contribution in [2.24, 2.45) is 0 Å². The summed E-state index contributed by atoms with van der Waals surface area (Å²) in [4.78, 5) is 37.9. The molecule has 2 N–H and O–H groups in total. The minimum Gasteiger partial charge on any atom is -0.343 e. The summed E-state index contributed by atoms with van der Waals surface area (Å²) in [5.74, 6) is -0.937. The lowest BCUT2D eigenvalue weighted by atomic mass is 10.1. The lowest BCUT2D eigenvalue weighted by Gasteiger charge is -2.18. The van der Waals surface area contributed by atoms with E-state index in [9.17, 15) is 14.4 Å². The molecule has 0 saturated carbocycles. The summed E-state index contributed by atoms with van der Waals surface area (Å²) in [5.41, 5.74) is 4.09. The predicted molar refractivity (Wildman–Crippen MR) is 106 cm³/mol. The van der Waals surface area contributed by atoms with E-state index in [1.54, 1.807) is 12.1 Å². The summed E-state index contributed by atoms with van der Waals surface area (Å²) in [6.07, 6.45) is 0. The molecule has 142 valence electrons. The second-order valence-corrected chi connectivity index (χ2v) is 6.61.